The number of anilines is 2. The van der Waals surface area contributed by atoms with Crippen LogP contribution in [0.1, 0.15) is 5.56 Å². The summed E-state index contributed by atoms with van der Waals surface area (Å²) in [5.41, 5.74) is 1.90. The van der Waals surface area contributed by atoms with Gasteiger partial charge in [-0.3, -0.25) is 0 Å². The van der Waals surface area contributed by atoms with Gasteiger partial charge in [0.2, 0.25) is 0 Å². The minimum absolute atomic E-state index is 0.148. The maximum absolute atomic E-state index is 13.2. The minimum Gasteiger partial charge on any atom is -0.379 e. The van der Waals surface area contributed by atoms with Crippen molar-refractivity contribution in [3.63, 3.8) is 0 Å². The molecule has 2 aromatic rings. The summed E-state index contributed by atoms with van der Waals surface area (Å²) in [7, 11) is 3.73. The predicted molar refractivity (Wildman–Crippen MR) is 79.4 cm³/mol. The second-order valence-corrected chi connectivity index (χ2v) is 5.22. The normalized spacial score (nSPS) is 10.6. The molecule has 0 bridgehead atoms. The summed E-state index contributed by atoms with van der Waals surface area (Å²) in [5.74, 6) is -3.87. The van der Waals surface area contributed by atoms with Crippen LogP contribution in [0, 0.1) is 17.5 Å². The lowest BCUT2D eigenvalue weighted by atomic mass is 10.2. The zero-order chi connectivity index (χ0) is 15.6. The Balaban J connectivity index is 2.22. The van der Waals surface area contributed by atoms with E-state index in [1.165, 1.54) is 0 Å². The molecule has 2 rings (SSSR count). The van der Waals surface area contributed by atoms with Crippen molar-refractivity contribution in [3.05, 3.63) is 58.4 Å². The largest absolute Gasteiger partial charge is 0.379 e. The quantitative estimate of drug-likeness (QED) is 0.840. The summed E-state index contributed by atoms with van der Waals surface area (Å²) in [4.78, 5) is 1.88. The smallest absolute Gasteiger partial charge is 0.194 e. The van der Waals surface area contributed by atoms with Crippen LogP contribution in [0.3, 0.4) is 0 Å². The molecule has 0 heterocycles. The first kappa shape index (κ1) is 15.5. The van der Waals surface area contributed by atoms with Gasteiger partial charge in [-0.05, 0) is 35.9 Å². The lowest BCUT2D eigenvalue weighted by Gasteiger charge is -2.19. The van der Waals surface area contributed by atoms with Crippen LogP contribution < -0.4 is 10.2 Å². The molecule has 0 aliphatic rings. The van der Waals surface area contributed by atoms with E-state index in [0.29, 0.717) is 10.6 Å². The molecule has 112 valence electrons. The molecule has 0 spiro atoms. The Kier molecular flexibility index (Phi) is 4.63. The Morgan fingerprint density at radius 1 is 1.05 bits per heavy atom. The summed E-state index contributed by atoms with van der Waals surface area (Å²) in [6.45, 7) is 0.148. The summed E-state index contributed by atoms with van der Waals surface area (Å²) in [5, 5.41) is 3.58. The van der Waals surface area contributed by atoms with Gasteiger partial charge in [-0.25, -0.2) is 13.2 Å². The minimum atomic E-state index is -1.46. The lowest BCUT2D eigenvalue weighted by Crippen LogP contribution is -2.12. The fourth-order valence-corrected chi connectivity index (χ4v) is 2.12. The maximum atomic E-state index is 13.2. The number of nitrogens with one attached hydrogen (secondary N) is 1. The van der Waals surface area contributed by atoms with Crippen LogP contribution >= 0.6 is 11.6 Å². The molecule has 2 aromatic carbocycles. The Morgan fingerprint density at radius 2 is 1.67 bits per heavy atom. The molecular formula is C15H14ClF3N2. The van der Waals surface area contributed by atoms with E-state index in [1.807, 2.05) is 25.1 Å². The molecule has 0 aromatic heterocycles. The van der Waals surface area contributed by atoms with Gasteiger partial charge >= 0.3 is 0 Å². The standard InChI is InChI=1S/C15H14ClF3N2/c1-21(2)14-4-3-10(16)7-13(14)20-8-9-5-11(17)15(19)12(18)6-9/h3-7,20H,8H2,1-2H3. The summed E-state index contributed by atoms with van der Waals surface area (Å²) < 4.78 is 39.2. The van der Waals surface area contributed by atoms with Crippen LogP contribution in [-0.4, -0.2) is 14.1 Å². The van der Waals surface area contributed by atoms with E-state index < -0.39 is 17.5 Å². The van der Waals surface area contributed by atoms with Crippen LogP contribution in [0.5, 0.6) is 0 Å². The predicted octanol–water partition coefficient (Wildman–Crippen LogP) is 4.44. The van der Waals surface area contributed by atoms with Gasteiger partial charge in [0.15, 0.2) is 17.5 Å². The Hall–Kier alpha value is -1.88. The summed E-state index contributed by atoms with van der Waals surface area (Å²) in [6, 6.07) is 7.22. The molecule has 6 heteroatoms. The number of hydrogen-bond donors (Lipinski definition) is 1. The van der Waals surface area contributed by atoms with Gasteiger partial charge in [0.1, 0.15) is 0 Å². The molecule has 0 radical (unpaired) electrons. The van der Waals surface area contributed by atoms with Gasteiger partial charge in [0.05, 0.1) is 11.4 Å². The fraction of sp³-hybridized carbons (Fsp3) is 0.200. The number of hydrogen-bond acceptors (Lipinski definition) is 2. The Labute approximate surface area is 126 Å². The van der Waals surface area contributed by atoms with Crippen LogP contribution in [0.4, 0.5) is 24.5 Å². The molecule has 0 aliphatic heterocycles. The molecule has 0 amide bonds. The molecule has 0 unspecified atom stereocenters. The average Bonchev–Trinajstić information content (AvgIpc) is 2.42. The molecular weight excluding hydrogens is 301 g/mol. The van der Waals surface area contributed by atoms with E-state index >= 15 is 0 Å². The highest BCUT2D eigenvalue weighted by Crippen LogP contribution is 2.28. The highest BCUT2D eigenvalue weighted by Gasteiger charge is 2.11. The van der Waals surface area contributed by atoms with Gasteiger partial charge in [-0.15, -0.1) is 0 Å². The van der Waals surface area contributed by atoms with Crippen LogP contribution in [-0.2, 0) is 6.54 Å². The molecule has 0 aliphatic carbocycles. The van der Waals surface area contributed by atoms with Crippen LogP contribution in [0.2, 0.25) is 5.02 Å². The highest BCUT2D eigenvalue weighted by molar-refractivity contribution is 6.31. The van der Waals surface area contributed by atoms with Gasteiger partial charge in [0, 0.05) is 25.7 Å². The van der Waals surface area contributed by atoms with Crippen LogP contribution in [0.25, 0.3) is 0 Å². The second kappa shape index (κ2) is 6.26. The van der Waals surface area contributed by atoms with Crippen LogP contribution in [0.15, 0.2) is 30.3 Å². The molecule has 0 atom stereocenters. The van der Waals surface area contributed by atoms with Gasteiger partial charge in [0.25, 0.3) is 0 Å². The van der Waals surface area contributed by atoms with Crippen molar-refractivity contribution in [1.82, 2.24) is 0 Å². The molecule has 0 saturated carbocycles. The first-order chi connectivity index (χ1) is 9.88. The van der Waals surface area contributed by atoms with E-state index in [-0.39, 0.29) is 6.54 Å². The molecule has 1 N–H and O–H groups in total. The van der Waals surface area contributed by atoms with Crippen molar-refractivity contribution in [1.29, 1.82) is 0 Å². The number of nitrogens with zero attached hydrogens (tertiary/aromatic N) is 1. The third-order valence-corrected chi connectivity index (χ3v) is 3.20. The van der Waals surface area contributed by atoms with Crippen molar-refractivity contribution in [2.75, 3.05) is 24.3 Å². The molecule has 0 saturated heterocycles. The molecule has 2 nitrogen and oxygen atoms in total. The number of halogens is 4. The summed E-state index contributed by atoms with van der Waals surface area (Å²) in [6.07, 6.45) is 0. The first-order valence-electron chi connectivity index (χ1n) is 6.22. The van der Waals surface area contributed by atoms with Gasteiger partial charge in [-0.2, -0.15) is 0 Å². The summed E-state index contributed by atoms with van der Waals surface area (Å²) >= 11 is 5.95. The molecule has 0 fully saturated rings. The maximum Gasteiger partial charge on any atom is 0.194 e. The topological polar surface area (TPSA) is 15.3 Å². The van der Waals surface area contributed by atoms with E-state index in [2.05, 4.69) is 5.32 Å². The van der Waals surface area contributed by atoms with E-state index in [0.717, 1.165) is 23.5 Å². The van der Waals surface area contributed by atoms with Crippen molar-refractivity contribution < 1.29 is 13.2 Å². The van der Waals surface area contributed by atoms with E-state index in [1.54, 1.807) is 12.1 Å². The zero-order valence-corrected chi connectivity index (χ0v) is 12.3. The van der Waals surface area contributed by atoms with Crippen molar-refractivity contribution >= 4 is 23.0 Å². The van der Waals surface area contributed by atoms with Crippen molar-refractivity contribution in [2.24, 2.45) is 0 Å². The highest BCUT2D eigenvalue weighted by atomic mass is 35.5. The Bertz CT molecular complexity index is 636. The monoisotopic (exact) mass is 314 g/mol. The third kappa shape index (κ3) is 3.61. The zero-order valence-electron chi connectivity index (χ0n) is 11.6. The SMILES string of the molecule is CN(C)c1ccc(Cl)cc1NCc1cc(F)c(F)c(F)c1. The van der Waals surface area contributed by atoms with E-state index in [4.69, 9.17) is 11.6 Å². The Morgan fingerprint density at radius 3 is 2.24 bits per heavy atom. The molecule has 21 heavy (non-hydrogen) atoms. The number of benzene rings is 2. The number of rotatable bonds is 4. The van der Waals surface area contributed by atoms with Gasteiger partial charge in [-0.1, -0.05) is 11.6 Å². The van der Waals surface area contributed by atoms with E-state index in [9.17, 15) is 13.2 Å². The van der Waals surface area contributed by atoms with Gasteiger partial charge < -0.3 is 10.2 Å². The first-order valence-corrected chi connectivity index (χ1v) is 6.60. The fourth-order valence-electron chi connectivity index (χ4n) is 1.95. The average molecular weight is 315 g/mol. The second-order valence-electron chi connectivity index (χ2n) is 4.78. The lowest BCUT2D eigenvalue weighted by molar-refractivity contribution is 0.445. The van der Waals surface area contributed by atoms with Crippen molar-refractivity contribution in [2.45, 2.75) is 6.54 Å². The third-order valence-electron chi connectivity index (χ3n) is 2.97. The van der Waals surface area contributed by atoms with Crippen molar-refractivity contribution in [3.8, 4) is 0 Å².